The SMILES string of the molecule is Brc1ccc(Cn2nnc(-c3cnn(-c4ccccc4)c3SCc3ccccc3)n2)cc1. The van der Waals surface area contributed by atoms with Gasteiger partial charge in [-0.05, 0) is 40.6 Å². The van der Waals surface area contributed by atoms with Crippen LogP contribution >= 0.6 is 27.7 Å². The average Bonchev–Trinajstić information content (AvgIpc) is 3.47. The van der Waals surface area contributed by atoms with Crippen LogP contribution in [0.3, 0.4) is 0 Å². The summed E-state index contributed by atoms with van der Waals surface area (Å²) in [6.45, 7) is 0.555. The number of hydrogen-bond acceptors (Lipinski definition) is 5. The number of aromatic nitrogens is 6. The summed E-state index contributed by atoms with van der Waals surface area (Å²) < 4.78 is 2.99. The third kappa shape index (κ3) is 4.66. The van der Waals surface area contributed by atoms with Crippen molar-refractivity contribution in [3.63, 3.8) is 0 Å². The van der Waals surface area contributed by atoms with E-state index in [2.05, 4.69) is 60.7 Å². The van der Waals surface area contributed by atoms with E-state index in [9.17, 15) is 0 Å². The minimum absolute atomic E-state index is 0.555. The molecule has 0 fully saturated rings. The summed E-state index contributed by atoms with van der Waals surface area (Å²) in [6.07, 6.45) is 1.82. The van der Waals surface area contributed by atoms with Gasteiger partial charge in [0.05, 0.1) is 24.0 Å². The molecule has 0 radical (unpaired) electrons. The van der Waals surface area contributed by atoms with Gasteiger partial charge in [0.25, 0.3) is 0 Å². The lowest BCUT2D eigenvalue weighted by molar-refractivity contribution is 0.573. The molecule has 5 aromatic rings. The van der Waals surface area contributed by atoms with Crippen LogP contribution in [0.2, 0.25) is 0 Å². The molecule has 0 spiro atoms. The van der Waals surface area contributed by atoms with Crippen molar-refractivity contribution in [2.45, 2.75) is 17.3 Å². The average molecular weight is 503 g/mol. The molecule has 5 rings (SSSR count). The molecule has 158 valence electrons. The predicted molar refractivity (Wildman–Crippen MR) is 130 cm³/mol. The predicted octanol–water partition coefficient (Wildman–Crippen LogP) is 5.63. The first-order valence-corrected chi connectivity index (χ1v) is 11.9. The van der Waals surface area contributed by atoms with Gasteiger partial charge in [-0.15, -0.1) is 22.0 Å². The molecule has 0 saturated heterocycles. The Hall–Kier alpha value is -3.23. The molecule has 2 heterocycles. The molecule has 0 bridgehead atoms. The molecule has 0 atom stereocenters. The van der Waals surface area contributed by atoms with Crippen molar-refractivity contribution in [1.29, 1.82) is 0 Å². The lowest BCUT2D eigenvalue weighted by Crippen LogP contribution is -2.03. The second kappa shape index (κ2) is 9.50. The summed E-state index contributed by atoms with van der Waals surface area (Å²) >= 11 is 5.18. The number of nitrogens with zero attached hydrogens (tertiary/aromatic N) is 6. The Morgan fingerprint density at radius 3 is 2.28 bits per heavy atom. The van der Waals surface area contributed by atoms with E-state index in [1.807, 2.05) is 71.5 Å². The van der Waals surface area contributed by atoms with E-state index in [1.54, 1.807) is 16.6 Å². The van der Waals surface area contributed by atoms with Gasteiger partial charge in [-0.25, -0.2) is 4.68 Å². The topological polar surface area (TPSA) is 61.4 Å². The zero-order valence-corrected chi connectivity index (χ0v) is 19.4. The Kier molecular flexibility index (Phi) is 6.13. The molecule has 8 heteroatoms. The summed E-state index contributed by atoms with van der Waals surface area (Å²) in [4.78, 5) is 1.62. The fraction of sp³-hybridized carbons (Fsp3) is 0.0833. The van der Waals surface area contributed by atoms with Gasteiger partial charge in [0.1, 0.15) is 5.03 Å². The summed E-state index contributed by atoms with van der Waals surface area (Å²) in [5.41, 5.74) is 4.22. The zero-order valence-electron chi connectivity index (χ0n) is 17.0. The lowest BCUT2D eigenvalue weighted by atomic mass is 10.2. The second-order valence-corrected chi connectivity index (χ2v) is 9.03. The quantitative estimate of drug-likeness (QED) is 0.270. The monoisotopic (exact) mass is 502 g/mol. The van der Waals surface area contributed by atoms with Crippen LogP contribution in [-0.2, 0) is 12.3 Å². The number of tetrazole rings is 1. The Morgan fingerprint density at radius 2 is 1.53 bits per heavy atom. The first-order valence-electron chi connectivity index (χ1n) is 10.1. The first kappa shape index (κ1) is 20.7. The van der Waals surface area contributed by atoms with Crippen molar-refractivity contribution in [2.75, 3.05) is 0 Å². The number of para-hydroxylation sites is 1. The van der Waals surface area contributed by atoms with Crippen molar-refractivity contribution < 1.29 is 0 Å². The highest BCUT2D eigenvalue weighted by Gasteiger charge is 2.19. The molecular formula is C24H19BrN6S. The molecular weight excluding hydrogens is 484 g/mol. The maximum Gasteiger partial charge on any atom is 0.209 e. The normalized spacial score (nSPS) is 11.0. The summed E-state index contributed by atoms with van der Waals surface area (Å²) in [6, 6.07) is 28.6. The summed E-state index contributed by atoms with van der Waals surface area (Å²) in [7, 11) is 0. The van der Waals surface area contributed by atoms with Crippen molar-refractivity contribution in [3.8, 4) is 17.1 Å². The maximum absolute atomic E-state index is 4.65. The minimum Gasteiger partial charge on any atom is -0.226 e. The summed E-state index contributed by atoms with van der Waals surface area (Å²) in [5.74, 6) is 1.39. The van der Waals surface area contributed by atoms with E-state index in [0.717, 1.165) is 32.1 Å². The third-order valence-corrected chi connectivity index (χ3v) is 6.55. The highest BCUT2D eigenvalue weighted by atomic mass is 79.9. The Bertz CT molecular complexity index is 1300. The van der Waals surface area contributed by atoms with E-state index in [-0.39, 0.29) is 0 Å². The number of benzene rings is 3. The molecule has 32 heavy (non-hydrogen) atoms. The van der Waals surface area contributed by atoms with Crippen LogP contribution in [0.4, 0.5) is 0 Å². The van der Waals surface area contributed by atoms with Crippen LogP contribution in [-0.4, -0.2) is 30.0 Å². The number of thioether (sulfide) groups is 1. The van der Waals surface area contributed by atoms with E-state index in [0.29, 0.717) is 12.4 Å². The highest BCUT2D eigenvalue weighted by Crippen LogP contribution is 2.33. The summed E-state index contributed by atoms with van der Waals surface area (Å²) in [5, 5.41) is 18.9. The first-order chi connectivity index (χ1) is 15.8. The van der Waals surface area contributed by atoms with Crippen LogP contribution in [0, 0.1) is 0 Å². The van der Waals surface area contributed by atoms with Gasteiger partial charge in [-0.3, -0.25) is 0 Å². The minimum atomic E-state index is 0.555. The van der Waals surface area contributed by atoms with E-state index in [1.165, 1.54) is 5.56 Å². The molecule has 0 aliphatic carbocycles. The van der Waals surface area contributed by atoms with Gasteiger partial charge in [0, 0.05) is 10.2 Å². The van der Waals surface area contributed by atoms with Crippen LogP contribution < -0.4 is 0 Å². The van der Waals surface area contributed by atoms with Crippen molar-refractivity contribution in [3.05, 3.63) is 107 Å². The van der Waals surface area contributed by atoms with Gasteiger partial charge in [-0.2, -0.15) is 9.90 Å². The van der Waals surface area contributed by atoms with Gasteiger partial charge >= 0.3 is 0 Å². The maximum atomic E-state index is 4.65. The molecule has 6 nitrogen and oxygen atoms in total. The molecule has 0 aliphatic rings. The van der Waals surface area contributed by atoms with Crippen LogP contribution in [0.25, 0.3) is 17.1 Å². The van der Waals surface area contributed by atoms with Crippen LogP contribution in [0.15, 0.2) is 101 Å². The fourth-order valence-corrected chi connectivity index (χ4v) is 4.61. The number of halogens is 1. The van der Waals surface area contributed by atoms with E-state index >= 15 is 0 Å². The van der Waals surface area contributed by atoms with E-state index in [4.69, 9.17) is 0 Å². The molecule has 0 unspecified atom stereocenters. The van der Waals surface area contributed by atoms with Crippen molar-refractivity contribution in [2.24, 2.45) is 0 Å². The largest absolute Gasteiger partial charge is 0.226 e. The Morgan fingerprint density at radius 1 is 0.812 bits per heavy atom. The molecule has 0 amide bonds. The smallest absolute Gasteiger partial charge is 0.209 e. The van der Waals surface area contributed by atoms with Gasteiger partial charge in [0.15, 0.2) is 0 Å². The van der Waals surface area contributed by atoms with Gasteiger partial charge in [0.2, 0.25) is 5.82 Å². The van der Waals surface area contributed by atoms with Crippen LogP contribution in [0.5, 0.6) is 0 Å². The van der Waals surface area contributed by atoms with Crippen molar-refractivity contribution in [1.82, 2.24) is 30.0 Å². The lowest BCUT2D eigenvalue weighted by Gasteiger charge is -2.08. The number of rotatable bonds is 7. The molecule has 2 aromatic heterocycles. The van der Waals surface area contributed by atoms with Crippen molar-refractivity contribution >= 4 is 27.7 Å². The third-order valence-electron chi connectivity index (χ3n) is 4.88. The Labute approximate surface area is 198 Å². The number of hydrogen-bond donors (Lipinski definition) is 0. The second-order valence-electron chi connectivity index (χ2n) is 7.15. The van der Waals surface area contributed by atoms with Gasteiger partial charge < -0.3 is 0 Å². The molecule has 0 N–H and O–H groups in total. The zero-order chi connectivity index (χ0) is 21.8. The molecule has 0 aliphatic heterocycles. The van der Waals surface area contributed by atoms with Crippen LogP contribution in [0.1, 0.15) is 11.1 Å². The highest BCUT2D eigenvalue weighted by molar-refractivity contribution is 9.10. The molecule has 3 aromatic carbocycles. The fourth-order valence-electron chi connectivity index (χ4n) is 3.28. The standard InChI is InChI=1S/C24H19BrN6S/c25-20-13-11-18(12-14-20)16-30-28-23(27-29-30)22-15-26-31(21-9-5-2-6-10-21)24(22)32-17-19-7-3-1-4-8-19/h1-15H,16-17H2. The van der Waals surface area contributed by atoms with Gasteiger partial charge in [-0.1, -0.05) is 76.6 Å². The molecule has 0 saturated carbocycles. The van der Waals surface area contributed by atoms with E-state index < -0.39 is 0 Å². The Balaban J connectivity index is 1.46.